The Balaban J connectivity index is 2.90. The number of hydrogen-bond acceptors (Lipinski definition) is 2. The first-order valence-corrected chi connectivity index (χ1v) is 4.67. The van der Waals surface area contributed by atoms with Crippen LogP contribution in [0.25, 0.3) is 0 Å². The number of benzene rings is 1. The summed E-state index contributed by atoms with van der Waals surface area (Å²) in [6, 6.07) is 4.26. The second-order valence-electron chi connectivity index (χ2n) is 3.40. The van der Waals surface area contributed by atoms with E-state index in [1.165, 1.54) is 22.4 Å². The molecule has 1 rings (SSSR count). The molecule has 0 fully saturated rings. The third-order valence-corrected chi connectivity index (χ3v) is 2.52. The van der Waals surface area contributed by atoms with Crippen molar-refractivity contribution in [2.45, 2.75) is 20.8 Å². The molecular weight excluding hydrogens is 160 g/mol. The maximum Gasteiger partial charge on any atom is 0.0373 e. The maximum absolute atomic E-state index is 5.43. The quantitative estimate of drug-likeness (QED) is 0.742. The molecule has 1 aromatic carbocycles. The summed E-state index contributed by atoms with van der Waals surface area (Å²) in [6.45, 7) is 7.93. The average Bonchev–Trinajstić information content (AvgIpc) is 2.13. The van der Waals surface area contributed by atoms with Gasteiger partial charge in [-0.3, -0.25) is 0 Å². The molecule has 0 spiro atoms. The van der Waals surface area contributed by atoms with Gasteiger partial charge in [-0.05, 0) is 43.5 Å². The lowest BCUT2D eigenvalue weighted by Gasteiger charge is -2.12. The molecule has 0 amide bonds. The number of rotatable bonds is 3. The fraction of sp³-hybridized carbons (Fsp3) is 0.455. The van der Waals surface area contributed by atoms with Crippen LogP contribution in [-0.2, 0) is 0 Å². The van der Waals surface area contributed by atoms with E-state index in [1.54, 1.807) is 0 Å². The first kappa shape index (κ1) is 10.1. The highest BCUT2D eigenvalue weighted by Crippen LogP contribution is 2.20. The van der Waals surface area contributed by atoms with Gasteiger partial charge in [0.1, 0.15) is 0 Å². The van der Waals surface area contributed by atoms with Crippen LogP contribution in [0.1, 0.15) is 16.7 Å². The van der Waals surface area contributed by atoms with Crippen LogP contribution in [0.5, 0.6) is 0 Å². The molecule has 0 saturated carbocycles. The SMILES string of the molecule is Cc1ccc(NCCN)c(C)c1C. The summed E-state index contributed by atoms with van der Waals surface area (Å²) >= 11 is 0. The number of aryl methyl sites for hydroxylation is 1. The van der Waals surface area contributed by atoms with E-state index >= 15 is 0 Å². The second kappa shape index (κ2) is 4.28. The third-order valence-electron chi connectivity index (χ3n) is 2.52. The van der Waals surface area contributed by atoms with Gasteiger partial charge >= 0.3 is 0 Å². The molecule has 3 N–H and O–H groups in total. The zero-order chi connectivity index (χ0) is 9.84. The van der Waals surface area contributed by atoms with Gasteiger partial charge in [-0.2, -0.15) is 0 Å². The van der Waals surface area contributed by atoms with Crippen molar-refractivity contribution < 1.29 is 0 Å². The highest BCUT2D eigenvalue weighted by molar-refractivity contribution is 5.55. The van der Waals surface area contributed by atoms with Gasteiger partial charge in [0.15, 0.2) is 0 Å². The Morgan fingerprint density at radius 1 is 1.15 bits per heavy atom. The molecule has 2 nitrogen and oxygen atoms in total. The molecule has 13 heavy (non-hydrogen) atoms. The van der Waals surface area contributed by atoms with Crippen LogP contribution < -0.4 is 11.1 Å². The lowest BCUT2D eigenvalue weighted by molar-refractivity contribution is 1.02. The van der Waals surface area contributed by atoms with Crippen molar-refractivity contribution in [3.63, 3.8) is 0 Å². The minimum absolute atomic E-state index is 0.673. The molecule has 0 unspecified atom stereocenters. The van der Waals surface area contributed by atoms with Gasteiger partial charge in [-0.25, -0.2) is 0 Å². The normalized spacial score (nSPS) is 10.2. The smallest absolute Gasteiger partial charge is 0.0373 e. The van der Waals surface area contributed by atoms with Gasteiger partial charge in [0.25, 0.3) is 0 Å². The van der Waals surface area contributed by atoms with E-state index in [2.05, 4.69) is 38.2 Å². The monoisotopic (exact) mass is 178 g/mol. The Labute approximate surface area is 80.1 Å². The van der Waals surface area contributed by atoms with Crippen LogP contribution in [0.15, 0.2) is 12.1 Å². The molecule has 0 bridgehead atoms. The van der Waals surface area contributed by atoms with Crippen molar-refractivity contribution >= 4 is 5.69 Å². The molecule has 0 saturated heterocycles. The van der Waals surface area contributed by atoms with Gasteiger partial charge in [0.05, 0.1) is 0 Å². The first-order chi connectivity index (χ1) is 6.16. The molecule has 72 valence electrons. The molecular formula is C11H18N2. The van der Waals surface area contributed by atoms with Crippen LogP contribution >= 0.6 is 0 Å². The molecule has 0 aliphatic heterocycles. The van der Waals surface area contributed by atoms with Crippen LogP contribution in [-0.4, -0.2) is 13.1 Å². The second-order valence-corrected chi connectivity index (χ2v) is 3.40. The van der Waals surface area contributed by atoms with Crippen molar-refractivity contribution in [3.8, 4) is 0 Å². The molecule has 2 heteroatoms. The van der Waals surface area contributed by atoms with Gasteiger partial charge < -0.3 is 11.1 Å². The number of hydrogen-bond donors (Lipinski definition) is 2. The number of anilines is 1. The van der Waals surface area contributed by atoms with Gasteiger partial charge in [0, 0.05) is 18.8 Å². The number of nitrogens with one attached hydrogen (secondary N) is 1. The minimum Gasteiger partial charge on any atom is -0.384 e. The van der Waals surface area contributed by atoms with E-state index in [0.29, 0.717) is 6.54 Å². The summed E-state index contributed by atoms with van der Waals surface area (Å²) in [7, 11) is 0. The predicted octanol–water partition coefficient (Wildman–Crippen LogP) is 1.98. The summed E-state index contributed by atoms with van der Waals surface area (Å²) in [5.41, 5.74) is 10.7. The van der Waals surface area contributed by atoms with Crippen molar-refractivity contribution in [2.75, 3.05) is 18.4 Å². The van der Waals surface area contributed by atoms with Crippen LogP contribution in [0.2, 0.25) is 0 Å². The predicted molar refractivity (Wildman–Crippen MR) is 58.2 cm³/mol. The van der Waals surface area contributed by atoms with Crippen LogP contribution in [0.4, 0.5) is 5.69 Å². The maximum atomic E-state index is 5.43. The Bertz CT molecular complexity index is 292. The topological polar surface area (TPSA) is 38.0 Å². The van der Waals surface area contributed by atoms with E-state index in [0.717, 1.165) is 6.54 Å². The largest absolute Gasteiger partial charge is 0.384 e. The third kappa shape index (κ3) is 2.22. The molecule has 0 aromatic heterocycles. The van der Waals surface area contributed by atoms with E-state index in [4.69, 9.17) is 5.73 Å². The Morgan fingerprint density at radius 3 is 2.46 bits per heavy atom. The zero-order valence-electron chi connectivity index (χ0n) is 8.65. The average molecular weight is 178 g/mol. The molecule has 0 atom stereocenters. The van der Waals surface area contributed by atoms with Crippen molar-refractivity contribution in [2.24, 2.45) is 5.73 Å². The summed E-state index contributed by atoms with van der Waals surface area (Å²) in [4.78, 5) is 0. The number of nitrogens with two attached hydrogens (primary N) is 1. The summed E-state index contributed by atoms with van der Waals surface area (Å²) in [6.07, 6.45) is 0. The highest BCUT2D eigenvalue weighted by atomic mass is 14.9. The van der Waals surface area contributed by atoms with E-state index in [1.807, 2.05) is 0 Å². The van der Waals surface area contributed by atoms with Gasteiger partial charge in [-0.15, -0.1) is 0 Å². The Hall–Kier alpha value is -1.02. The Morgan fingerprint density at radius 2 is 1.85 bits per heavy atom. The highest BCUT2D eigenvalue weighted by Gasteiger charge is 2.01. The van der Waals surface area contributed by atoms with Crippen LogP contribution in [0, 0.1) is 20.8 Å². The lowest BCUT2D eigenvalue weighted by atomic mass is 10.0. The fourth-order valence-corrected chi connectivity index (χ4v) is 1.35. The molecule has 0 aliphatic carbocycles. The van der Waals surface area contributed by atoms with Crippen molar-refractivity contribution in [3.05, 3.63) is 28.8 Å². The van der Waals surface area contributed by atoms with Gasteiger partial charge in [-0.1, -0.05) is 6.07 Å². The molecule has 0 radical (unpaired) electrons. The summed E-state index contributed by atoms with van der Waals surface area (Å²) < 4.78 is 0. The standard InChI is InChI=1S/C11H18N2/c1-8-4-5-11(13-7-6-12)10(3)9(8)2/h4-5,13H,6-7,12H2,1-3H3. The van der Waals surface area contributed by atoms with E-state index < -0.39 is 0 Å². The van der Waals surface area contributed by atoms with Crippen LogP contribution in [0.3, 0.4) is 0 Å². The van der Waals surface area contributed by atoms with Crippen molar-refractivity contribution in [1.82, 2.24) is 0 Å². The molecule has 0 aliphatic rings. The van der Waals surface area contributed by atoms with Gasteiger partial charge in [0.2, 0.25) is 0 Å². The Kier molecular flexibility index (Phi) is 3.32. The lowest BCUT2D eigenvalue weighted by Crippen LogP contribution is -2.14. The zero-order valence-corrected chi connectivity index (χ0v) is 8.65. The first-order valence-electron chi connectivity index (χ1n) is 4.67. The fourth-order valence-electron chi connectivity index (χ4n) is 1.35. The summed E-state index contributed by atoms with van der Waals surface area (Å²) in [5, 5.41) is 3.31. The minimum atomic E-state index is 0.673. The van der Waals surface area contributed by atoms with E-state index in [-0.39, 0.29) is 0 Å². The molecule has 0 heterocycles. The molecule has 1 aromatic rings. The van der Waals surface area contributed by atoms with Crippen molar-refractivity contribution in [1.29, 1.82) is 0 Å². The summed E-state index contributed by atoms with van der Waals surface area (Å²) in [5.74, 6) is 0. The van der Waals surface area contributed by atoms with E-state index in [9.17, 15) is 0 Å².